The van der Waals surface area contributed by atoms with E-state index < -0.39 is 17.8 Å². The van der Waals surface area contributed by atoms with Crippen LogP contribution < -0.4 is 5.32 Å². The predicted octanol–water partition coefficient (Wildman–Crippen LogP) is 5.19. The third-order valence-electron chi connectivity index (χ3n) is 4.94. The quantitative estimate of drug-likeness (QED) is 0.271. The molecule has 4 aromatic rings. The Bertz CT molecular complexity index is 1480. The van der Waals surface area contributed by atoms with Crippen molar-refractivity contribution in [2.75, 3.05) is 5.32 Å². The van der Waals surface area contributed by atoms with Crippen LogP contribution in [-0.4, -0.2) is 35.9 Å². The zero-order chi connectivity index (χ0) is 26.6. The normalized spacial score (nSPS) is 12.2. The summed E-state index contributed by atoms with van der Waals surface area (Å²) in [6, 6.07) is 6.70. The first-order valence-corrected chi connectivity index (χ1v) is 10.8. The molecule has 0 aliphatic carbocycles. The minimum Gasteiger partial charge on any atom is -0.441 e. The minimum absolute atomic E-state index is 0.0264. The first-order chi connectivity index (χ1) is 17.7. The van der Waals surface area contributed by atoms with Crippen molar-refractivity contribution in [2.45, 2.75) is 20.0 Å². The van der Waals surface area contributed by atoms with Gasteiger partial charge in [-0.25, -0.2) is 9.67 Å². The van der Waals surface area contributed by atoms with Crippen molar-refractivity contribution in [2.24, 2.45) is 0 Å². The predicted molar refractivity (Wildman–Crippen MR) is 129 cm³/mol. The van der Waals surface area contributed by atoms with E-state index >= 15 is 0 Å². The van der Waals surface area contributed by atoms with E-state index in [1.54, 1.807) is 38.1 Å². The van der Waals surface area contributed by atoms with Crippen LogP contribution in [0.1, 0.15) is 24.3 Å². The minimum atomic E-state index is -4.70. The number of nitrogens with one attached hydrogen (secondary N) is 1. The molecule has 4 aromatic heterocycles. The lowest BCUT2D eigenvalue weighted by molar-refractivity contribution is -0.142. The summed E-state index contributed by atoms with van der Waals surface area (Å²) in [5.41, 5.74) is 0.113. The molecule has 4 rings (SSSR count). The molecule has 37 heavy (non-hydrogen) atoms. The molecule has 0 bridgehead atoms. The highest BCUT2D eigenvalue weighted by atomic mass is 19.4. The zero-order valence-corrected chi connectivity index (χ0v) is 19.7. The van der Waals surface area contributed by atoms with Gasteiger partial charge in [-0.1, -0.05) is 18.7 Å². The lowest BCUT2D eigenvalue weighted by Gasteiger charge is -2.10. The van der Waals surface area contributed by atoms with E-state index in [4.69, 9.17) is 4.42 Å². The number of nitrogens with zero attached hydrogens (tertiary/aromatic N) is 6. The lowest BCUT2D eigenvalue weighted by atomic mass is 10.1. The highest BCUT2D eigenvalue weighted by Gasteiger charge is 2.37. The number of hydrogen-bond donors (Lipinski definition) is 1. The third kappa shape index (κ3) is 5.86. The van der Waals surface area contributed by atoms with Crippen molar-refractivity contribution in [1.29, 1.82) is 0 Å². The zero-order valence-electron chi connectivity index (χ0n) is 19.7. The Kier molecular flexibility index (Phi) is 7.09. The number of rotatable bonds is 7. The summed E-state index contributed by atoms with van der Waals surface area (Å²) in [5, 5.41) is 14.3. The van der Waals surface area contributed by atoms with Crippen LogP contribution in [0.25, 0.3) is 22.6 Å². The van der Waals surface area contributed by atoms with Crippen LogP contribution in [0.3, 0.4) is 0 Å². The van der Waals surface area contributed by atoms with Crippen LogP contribution >= 0.6 is 0 Å². The average molecular weight is 507 g/mol. The molecule has 0 saturated carbocycles. The number of hydrogen-bond acceptors (Lipinski definition) is 7. The molecule has 188 valence electrons. The average Bonchev–Trinajstić information content (AvgIpc) is 3.52. The van der Waals surface area contributed by atoms with Gasteiger partial charge in [0.15, 0.2) is 29.0 Å². The number of carbonyl (C=O) groups is 1. The first-order valence-electron chi connectivity index (χ1n) is 10.8. The second kappa shape index (κ2) is 10.4. The van der Waals surface area contributed by atoms with Crippen LogP contribution in [0.15, 0.2) is 83.7 Å². The van der Waals surface area contributed by atoms with Gasteiger partial charge in [0, 0.05) is 36.0 Å². The summed E-state index contributed by atoms with van der Waals surface area (Å²) < 4.78 is 47.1. The standard InChI is InChI=1S/C25H20F3N7O2/c1-4-6-17(11-15(2)20-14-30-16(3)37-20)24(36)31-22-8-9-23(33-32-22)35-21(25(26,27)28)12-19(34-35)18-7-5-10-29-13-18/h4-14H,2H2,1,3H3,(H,31,32,36)/b6-4-,17-11+. The van der Waals surface area contributed by atoms with Crippen molar-refractivity contribution >= 4 is 17.3 Å². The third-order valence-corrected chi connectivity index (χ3v) is 4.94. The molecule has 0 aromatic carbocycles. The van der Waals surface area contributed by atoms with Gasteiger partial charge in [-0.15, -0.1) is 10.2 Å². The van der Waals surface area contributed by atoms with Gasteiger partial charge < -0.3 is 9.73 Å². The van der Waals surface area contributed by atoms with Gasteiger partial charge in [-0.2, -0.15) is 18.3 Å². The SMILES string of the molecule is C=C(/C=C(\C=C/C)C(=O)Nc1ccc(-n2nc(-c3cccnc3)cc2C(F)(F)F)nn1)c1cnc(C)o1. The van der Waals surface area contributed by atoms with Gasteiger partial charge in [0.05, 0.1) is 11.9 Å². The fraction of sp³-hybridized carbons (Fsp3) is 0.120. The number of pyridine rings is 1. The van der Waals surface area contributed by atoms with E-state index in [9.17, 15) is 18.0 Å². The number of aromatic nitrogens is 6. The van der Waals surface area contributed by atoms with Crippen molar-refractivity contribution in [1.82, 2.24) is 29.9 Å². The molecule has 0 unspecified atom stereocenters. The first kappa shape index (κ1) is 25.2. The molecule has 4 heterocycles. The van der Waals surface area contributed by atoms with Crippen molar-refractivity contribution in [3.63, 3.8) is 0 Å². The summed E-state index contributed by atoms with van der Waals surface area (Å²) >= 11 is 0. The molecule has 1 amide bonds. The van der Waals surface area contributed by atoms with Crippen LogP contribution in [0.5, 0.6) is 0 Å². The highest BCUT2D eigenvalue weighted by molar-refractivity contribution is 6.06. The number of alkyl halides is 3. The molecule has 0 atom stereocenters. The Hall–Kier alpha value is -4.87. The van der Waals surface area contributed by atoms with Gasteiger partial charge in [-0.05, 0) is 43.3 Å². The molecule has 1 N–H and O–H groups in total. The largest absolute Gasteiger partial charge is 0.441 e. The van der Waals surface area contributed by atoms with Gasteiger partial charge in [0.1, 0.15) is 0 Å². The number of carbonyl (C=O) groups excluding carboxylic acids is 1. The summed E-state index contributed by atoms with van der Waals surface area (Å²) in [4.78, 5) is 20.7. The second-order valence-corrected chi connectivity index (χ2v) is 7.67. The van der Waals surface area contributed by atoms with E-state index in [1.807, 2.05) is 0 Å². The van der Waals surface area contributed by atoms with Crippen LogP contribution in [0.4, 0.5) is 19.0 Å². The Balaban J connectivity index is 1.58. The lowest BCUT2D eigenvalue weighted by Crippen LogP contribution is -2.17. The molecular formula is C25H20F3N7O2. The Morgan fingerprint density at radius 1 is 1.19 bits per heavy atom. The van der Waals surface area contributed by atoms with E-state index in [1.165, 1.54) is 36.8 Å². The molecule has 0 fully saturated rings. The molecular weight excluding hydrogens is 487 g/mol. The van der Waals surface area contributed by atoms with Gasteiger partial charge in [0.2, 0.25) is 0 Å². The fourth-order valence-electron chi connectivity index (χ4n) is 3.24. The summed E-state index contributed by atoms with van der Waals surface area (Å²) in [6.07, 6.45) is 4.44. The molecule has 12 heteroatoms. The molecule has 0 radical (unpaired) electrons. The maximum atomic E-state index is 13.7. The summed E-state index contributed by atoms with van der Waals surface area (Å²) in [7, 11) is 0. The molecule has 0 saturated heterocycles. The molecule has 0 aliphatic rings. The van der Waals surface area contributed by atoms with Gasteiger partial charge >= 0.3 is 6.18 Å². The van der Waals surface area contributed by atoms with E-state index in [0.29, 0.717) is 27.5 Å². The van der Waals surface area contributed by atoms with Crippen molar-refractivity contribution in [3.8, 4) is 17.1 Å². The highest BCUT2D eigenvalue weighted by Crippen LogP contribution is 2.33. The number of oxazole rings is 1. The Morgan fingerprint density at radius 2 is 2.00 bits per heavy atom. The number of amides is 1. The van der Waals surface area contributed by atoms with E-state index in [-0.39, 0.29) is 22.9 Å². The summed E-state index contributed by atoms with van der Waals surface area (Å²) in [5.74, 6) is 0.167. The topological polar surface area (TPSA) is 112 Å². The Labute approximate surface area is 209 Å². The Morgan fingerprint density at radius 3 is 2.59 bits per heavy atom. The number of halogens is 3. The van der Waals surface area contributed by atoms with E-state index in [0.717, 1.165) is 6.07 Å². The number of allylic oxidation sites excluding steroid dienone is 3. The fourth-order valence-corrected chi connectivity index (χ4v) is 3.24. The maximum Gasteiger partial charge on any atom is 0.433 e. The monoisotopic (exact) mass is 507 g/mol. The maximum absolute atomic E-state index is 13.7. The van der Waals surface area contributed by atoms with Gasteiger partial charge in [0.25, 0.3) is 5.91 Å². The van der Waals surface area contributed by atoms with Crippen LogP contribution in [-0.2, 0) is 11.0 Å². The van der Waals surface area contributed by atoms with Crippen molar-refractivity contribution < 1.29 is 22.4 Å². The second-order valence-electron chi connectivity index (χ2n) is 7.67. The van der Waals surface area contributed by atoms with Crippen molar-refractivity contribution in [3.05, 3.63) is 96.6 Å². The molecule has 9 nitrogen and oxygen atoms in total. The molecule has 0 aliphatic heterocycles. The summed E-state index contributed by atoms with van der Waals surface area (Å²) in [6.45, 7) is 7.31. The van der Waals surface area contributed by atoms with E-state index in [2.05, 4.69) is 37.2 Å². The smallest absolute Gasteiger partial charge is 0.433 e. The number of aryl methyl sites for hydroxylation is 1. The van der Waals surface area contributed by atoms with Crippen LogP contribution in [0, 0.1) is 6.92 Å². The van der Waals surface area contributed by atoms with Gasteiger partial charge in [-0.3, -0.25) is 9.78 Å². The molecule has 0 spiro atoms. The van der Waals surface area contributed by atoms with Crippen LogP contribution in [0.2, 0.25) is 0 Å². The number of anilines is 1.